The highest BCUT2D eigenvalue weighted by atomic mass is 35.5. The third kappa shape index (κ3) is 3.79. The third-order valence-electron chi connectivity index (χ3n) is 6.51. The number of pyridine rings is 3. The third-order valence-corrected chi connectivity index (χ3v) is 6.81. The van der Waals surface area contributed by atoms with Crippen molar-refractivity contribution in [1.29, 1.82) is 0 Å². The van der Waals surface area contributed by atoms with Crippen molar-refractivity contribution in [2.24, 2.45) is 11.8 Å². The molecule has 0 aromatic carbocycles. The zero-order valence-corrected chi connectivity index (χ0v) is 18.9. The molecule has 0 bridgehead atoms. The first kappa shape index (κ1) is 20.4. The van der Waals surface area contributed by atoms with E-state index in [2.05, 4.69) is 39.4 Å². The highest BCUT2D eigenvalue weighted by Gasteiger charge is 2.39. The van der Waals surface area contributed by atoms with Crippen molar-refractivity contribution in [2.75, 3.05) is 36.5 Å². The lowest BCUT2D eigenvalue weighted by Gasteiger charge is -2.28. The summed E-state index contributed by atoms with van der Waals surface area (Å²) in [6, 6.07) is 5.96. The van der Waals surface area contributed by atoms with Crippen molar-refractivity contribution in [1.82, 2.24) is 19.4 Å². The first-order chi connectivity index (χ1) is 16.1. The van der Waals surface area contributed by atoms with Gasteiger partial charge in [-0.1, -0.05) is 18.5 Å². The largest absolute Gasteiger partial charge is 0.378 e. The zero-order valence-electron chi connectivity index (χ0n) is 18.2. The molecule has 1 saturated carbocycles. The number of carbonyl (C=O) groups is 1. The molecular formula is C24H23ClN6O2. The van der Waals surface area contributed by atoms with Crippen molar-refractivity contribution < 1.29 is 9.53 Å². The molecule has 1 aliphatic carbocycles. The number of hydrogen-bond acceptors (Lipinski definition) is 6. The summed E-state index contributed by atoms with van der Waals surface area (Å²) >= 11 is 6.36. The van der Waals surface area contributed by atoms with Gasteiger partial charge in [-0.05, 0) is 30.5 Å². The Labute approximate surface area is 195 Å². The van der Waals surface area contributed by atoms with E-state index >= 15 is 0 Å². The van der Waals surface area contributed by atoms with Gasteiger partial charge in [0.1, 0.15) is 16.6 Å². The fraction of sp³-hybridized carbons (Fsp3) is 0.333. The van der Waals surface area contributed by atoms with E-state index in [1.165, 1.54) is 0 Å². The van der Waals surface area contributed by atoms with Crippen LogP contribution in [0.25, 0.3) is 27.7 Å². The van der Waals surface area contributed by atoms with Crippen molar-refractivity contribution in [2.45, 2.75) is 13.3 Å². The van der Waals surface area contributed by atoms with Gasteiger partial charge in [0.2, 0.25) is 5.91 Å². The Kier molecular flexibility index (Phi) is 4.92. The van der Waals surface area contributed by atoms with Crippen LogP contribution in [-0.2, 0) is 9.53 Å². The molecule has 168 valence electrons. The summed E-state index contributed by atoms with van der Waals surface area (Å²) in [5.41, 5.74) is 3.60. The molecule has 2 fully saturated rings. The number of amides is 1. The van der Waals surface area contributed by atoms with Crippen molar-refractivity contribution in [3.05, 3.63) is 48.1 Å². The number of halogens is 1. The average Bonchev–Trinajstić information content (AvgIpc) is 3.42. The number of anilines is 2. The van der Waals surface area contributed by atoms with Crippen molar-refractivity contribution in [3.63, 3.8) is 0 Å². The highest BCUT2D eigenvalue weighted by Crippen LogP contribution is 2.39. The van der Waals surface area contributed by atoms with Gasteiger partial charge in [-0.2, -0.15) is 0 Å². The maximum Gasteiger partial charge on any atom is 0.228 e. The second-order valence-electron chi connectivity index (χ2n) is 8.76. The lowest BCUT2D eigenvalue weighted by molar-refractivity contribution is -0.117. The Hall–Kier alpha value is -3.23. The molecule has 2 atom stereocenters. The van der Waals surface area contributed by atoms with Crippen LogP contribution in [0.5, 0.6) is 0 Å². The molecule has 1 N–H and O–H groups in total. The van der Waals surface area contributed by atoms with Gasteiger partial charge >= 0.3 is 0 Å². The van der Waals surface area contributed by atoms with E-state index in [0.717, 1.165) is 66.1 Å². The van der Waals surface area contributed by atoms with Gasteiger partial charge < -0.3 is 19.4 Å². The molecule has 2 aliphatic rings. The number of nitrogens with one attached hydrogen (secondary N) is 1. The van der Waals surface area contributed by atoms with Gasteiger partial charge in [-0.3, -0.25) is 4.79 Å². The summed E-state index contributed by atoms with van der Waals surface area (Å²) in [6.45, 7) is 5.31. The van der Waals surface area contributed by atoms with Gasteiger partial charge in [0, 0.05) is 60.1 Å². The Morgan fingerprint density at radius 1 is 1.15 bits per heavy atom. The molecule has 0 unspecified atom stereocenters. The summed E-state index contributed by atoms with van der Waals surface area (Å²) < 4.78 is 7.49. The number of hydrogen-bond donors (Lipinski definition) is 1. The Morgan fingerprint density at radius 2 is 1.97 bits per heavy atom. The minimum Gasteiger partial charge on any atom is -0.378 e. The number of rotatable bonds is 4. The molecule has 1 amide bonds. The summed E-state index contributed by atoms with van der Waals surface area (Å²) in [5, 5.41) is 4.88. The molecule has 1 aliphatic heterocycles. The Morgan fingerprint density at radius 3 is 2.76 bits per heavy atom. The molecule has 9 heteroatoms. The minimum absolute atomic E-state index is 0.0134. The zero-order chi connectivity index (χ0) is 22.5. The number of carbonyl (C=O) groups excluding carboxylic acids is 1. The number of ether oxygens (including phenoxy) is 1. The molecule has 4 aromatic rings. The molecule has 33 heavy (non-hydrogen) atoms. The fourth-order valence-electron chi connectivity index (χ4n) is 4.40. The van der Waals surface area contributed by atoms with Crippen LogP contribution in [0.2, 0.25) is 5.15 Å². The Balaban J connectivity index is 1.38. The predicted octanol–water partition coefficient (Wildman–Crippen LogP) is 4.03. The first-order valence-electron chi connectivity index (χ1n) is 11.1. The second kappa shape index (κ2) is 7.97. The fourth-order valence-corrected chi connectivity index (χ4v) is 4.60. The van der Waals surface area contributed by atoms with Gasteiger partial charge in [-0.25, -0.2) is 15.0 Å². The quantitative estimate of drug-likeness (QED) is 0.461. The van der Waals surface area contributed by atoms with Crippen LogP contribution in [0.3, 0.4) is 0 Å². The van der Waals surface area contributed by atoms with Crippen LogP contribution >= 0.6 is 11.6 Å². The topological polar surface area (TPSA) is 84.7 Å². The van der Waals surface area contributed by atoms with E-state index in [1.54, 1.807) is 12.4 Å². The van der Waals surface area contributed by atoms with E-state index in [9.17, 15) is 4.79 Å². The maximum atomic E-state index is 12.4. The van der Waals surface area contributed by atoms with E-state index < -0.39 is 0 Å². The molecule has 5 heterocycles. The first-order valence-corrected chi connectivity index (χ1v) is 11.5. The summed E-state index contributed by atoms with van der Waals surface area (Å²) in [7, 11) is 0. The maximum absolute atomic E-state index is 12.4. The lowest BCUT2D eigenvalue weighted by Crippen LogP contribution is -2.36. The van der Waals surface area contributed by atoms with Gasteiger partial charge in [0.05, 0.1) is 24.6 Å². The number of aromatic nitrogens is 4. The normalized spacial score (nSPS) is 20.4. The molecule has 0 spiro atoms. The van der Waals surface area contributed by atoms with E-state index in [4.69, 9.17) is 21.3 Å². The summed E-state index contributed by atoms with van der Waals surface area (Å²) in [5.74, 6) is 1.02. The van der Waals surface area contributed by atoms with Crippen LogP contribution in [0, 0.1) is 11.8 Å². The molecule has 0 radical (unpaired) electrons. The van der Waals surface area contributed by atoms with E-state index in [-0.39, 0.29) is 11.8 Å². The van der Waals surface area contributed by atoms with Crippen LogP contribution in [0.15, 0.2) is 43.0 Å². The number of fused-ring (bicyclic) bond motifs is 2. The SMILES string of the molecule is C[C@@H]1C[C@@H]1C(=O)Nc1cc2c(-c3cn4cc(N5CCOCC5)ccc4n3)cnc(Cl)c2cn1. The van der Waals surface area contributed by atoms with Crippen molar-refractivity contribution in [3.8, 4) is 11.3 Å². The van der Waals surface area contributed by atoms with Crippen LogP contribution in [0.1, 0.15) is 13.3 Å². The minimum atomic E-state index is 0.0134. The van der Waals surface area contributed by atoms with Gasteiger partial charge in [0.25, 0.3) is 0 Å². The molecule has 4 aromatic heterocycles. The van der Waals surface area contributed by atoms with Crippen molar-refractivity contribution >= 4 is 45.4 Å². The standard InChI is InChI=1S/C24H23ClN6O2/c1-14-8-16(14)24(32)29-21-9-17-18(10-27-23(25)19(17)11-26-21)20-13-31-12-15(2-3-22(31)28-20)30-4-6-33-7-5-30/h2-3,9-14,16H,4-8H2,1H3,(H,26,29,32)/t14-,16+/m1/s1. The van der Waals surface area contributed by atoms with Crippen LogP contribution in [-0.4, -0.2) is 51.6 Å². The van der Waals surface area contributed by atoms with Gasteiger partial charge in [0.15, 0.2) is 0 Å². The van der Waals surface area contributed by atoms with Crippen LogP contribution < -0.4 is 10.2 Å². The van der Waals surface area contributed by atoms with E-state index in [0.29, 0.717) is 16.9 Å². The van der Waals surface area contributed by atoms with E-state index in [1.807, 2.05) is 22.7 Å². The summed E-state index contributed by atoms with van der Waals surface area (Å²) in [6.07, 6.45) is 8.39. The second-order valence-corrected chi connectivity index (χ2v) is 9.12. The molecule has 1 saturated heterocycles. The number of morpholine rings is 1. The number of imidazole rings is 1. The molecular weight excluding hydrogens is 440 g/mol. The lowest BCUT2D eigenvalue weighted by atomic mass is 10.1. The number of nitrogens with zero attached hydrogens (tertiary/aromatic N) is 5. The monoisotopic (exact) mass is 462 g/mol. The highest BCUT2D eigenvalue weighted by molar-refractivity contribution is 6.34. The summed E-state index contributed by atoms with van der Waals surface area (Å²) in [4.78, 5) is 28.3. The average molecular weight is 463 g/mol. The molecule has 6 rings (SSSR count). The van der Waals surface area contributed by atoms with Gasteiger partial charge in [-0.15, -0.1) is 0 Å². The molecule has 8 nitrogen and oxygen atoms in total. The Bertz CT molecular complexity index is 1380. The smallest absolute Gasteiger partial charge is 0.228 e. The van der Waals surface area contributed by atoms with Crippen LogP contribution in [0.4, 0.5) is 11.5 Å². The predicted molar refractivity (Wildman–Crippen MR) is 128 cm³/mol.